The first-order valence-electron chi connectivity index (χ1n) is 9.74. The van der Waals surface area contributed by atoms with Crippen LogP contribution in [0, 0.1) is 10.1 Å². The standard InChI is InChI=1S/C21H25N3O5S/c1-28-20-7-6-16(10-19(20)24(26)27)14-30-15-21(25)23(13-18-5-3-9-29-18)12-17-4-2-8-22-11-17/h2,4,6-8,10-11,18H,3,5,9,12-15H2,1H3. The number of carbonyl (C=O) groups excluding carboxylic acids is 1. The molecule has 1 aromatic carbocycles. The quantitative estimate of drug-likeness (QED) is 0.420. The van der Waals surface area contributed by atoms with E-state index in [4.69, 9.17) is 9.47 Å². The van der Waals surface area contributed by atoms with Crippen LogP contribution in [0.5, 0.6) is 5.75 Å². The van der Waals surface area contributed by atoms with Gasteiger partial charge >= 0.3 is 5.69 Å². The van der Waals surface area contributed by atoms with Gasteiger partial charge in [0.25, 0.3) is 0 Å². The lowest BCUT2D eigenvalue weighted by atomic mass is 10.2. The zero-order valence-electron chi connectivity index (χ0n) is 16.9. The normalized spacial score (nSPS) is 15.7. The zero-order valence-corrected chi connectivity index (χ0v) is 17.7. The first-order chi connectivity index (χ1) is 14.6. The Morgan fingerprint density at radius 3 is 2.93 bits per heavy atom. The number of nitrogens with zero attached hydrogens (tertiary/aromatic N) is 3. The molecule has 1 aliphatic heterocycles. The third-order valence-electron chi connectivity index (χ3n) is 4.83. The molecule has 0 saturated carbocycles. The summed E-state index contributed by atoms with van der Waals surface area (Å²) in [5.41, 5.74) is 1.68. The van der Waals surface area contributed by atoms with Gasteiger partial charge < -0.3 is 14.4 Å². The molecule has 1 amide bonds. The zero-order chi connectivity index (χ0) is 21.3. The average Bonchev–Trinajstić information content (AvgIpc) is 3.27. The molecule has 1 fully saturated rings. The van der Waals surface area contributed by atoms with Crippen LogP contribution in [0.25, 0.3) is 0 Å². The van der Waals surface area contributed by atoms with Crippen molar-refractivity contribution in [1.82, 2.24) is 9.88 Å². The second-order valence-electron chi connectivity index (χ2n) is 7.03. The van der Waals surface area contributed by atoms with Gasteiger partial charge in [-0.05, 0) is 36.1 Å². The molecule has 0 N–H and O–H groups in total. The minimum atomic E-state index is -0.463. The van der Waals surface area contributed by atoms with Crippen molar-refractivity contribution in [3.63, 3.8) is 0 Å². The Labute approximate surface area is 179 Å². The lowest BCUT2D eigenvalue weighted by molar-refractivity contribution is -0.385. The Hall–Kier alpha value is -2.65. The molecule has 3 rings (SSSR count). The summed E-state index contributed by atoms with van der Waals surface area (Å²) in [4.78, 5) is 29.6. The van der Waals surface area contributed by atoms with Crippen molar-refractivity contribution in [1.29, 1.82) is 0 Å². The molecule has 9 heteroatoms. The maximum atomic E-state index is 12.9. The van der Waals surface area contributed by atoms with E-state index in [2.05, 4.69) is 4.98 Å². The lowest BCUT2D eigenvalue weighted by Crippen LogP contribution is -2.38. The summed E-state index contributed by atoms with van der Waals surface area (Å²) in [5, 5.41) is 11.2. The van der Waals surface area contributed by atoms with Crippen LogP contribution in [-0.4, -0.2) is 52.8 Å². The molecule has 1 saturated heterocycles. The van der Waals surface area contributed by atoms with Gasteiger partial charge in [-0.1, -0.05) is 12.1 Å². The summed E-state index contributed by atoms with van der Waals surface area (Å²) in [6.45, 7) is 1.79. The van der Waals surface area contributed by atoms with Gasteiger partial charge in [-0.2, -0.15) is 0 Å². The molecule has 1 aliphatic rings. The van der Waals surface area contributed by atoms with Crippen LogP contribution < -0.4 is 4.74 Å². The van der Waals surface area contributed by atoms with Crippen molar-refractivity contribution in [2.75, 3.05) is 26.0 Å². The van der Waals surface area contributed by atoms with Gasteiger partial charge in [-0.3, -0.25) is 19.9 Å². The summed E-state index contributed by atoms with van der Waals surface area (Å²) >= 11 is 1.43. The first kappa shape index (κ1) is 22.0. The van der Waals surface area contributed by atoms with Crippen molar-refractivity contribution in [3.05, 3.63) is 64.0 Å². The van der Waals surface area contributed by atoms with Gasteiger partial charge in [0.1, 0.15) is 0 Å². The number of nitro groups is 1. The van der Waals surface area contributed by atoms with E-state index in [1.807, 2.05) is 17.0 Å². The van der Waals surface area contributed by atoms with Crippen LogP contribution >= 0.6 is 11.8 Å². The third-order valence-corrected chi connectivity index (χ3v) is 5.82. The Balaban J connectivity index is 1.59. The number of ether oxygens (including phenoxy) is 2. The highest BCUT2D eigenvalue weighted by Gasteiger charge is 2.23. The highest BCUT2D eigenvalue weighted by Crippen LogP contribution is 2.29. The number of nitro benzene ring substituents is 1. The Bertz CT molecular complexity index is 859. The van der Waals surface area contributed by atoms with Crippen LogP contribution in [-0.2, 0) is 21.8 Å². The van der Waals surface area contributed by atoms with Crippen molar-refractivity contribution >= 4 is 23.4 Å². The van der Waals surface area contributed by atoms with E-state index in [0.29, 0.717) is 18.8 Å². The number of hydrogen-bond donors (Lipinski definition) is 0. The summed E-state index contributed by atoms with van der Waals surface area (Å²) in [6, 6.07) is 8.67. The molecule has 1 unspecified atom stereocenters. The van der Waals surface area contributed by atoms with E-state index in [1.165, 1.54) is 24.9 Å². The molecule has 2 heterocycles. The average molecular weight is 432 g/mol. The van der Waals surface area contributed by atoms with Crippen molar-refractivity contribution < 1.29 is 19.2 Å². The maximum Gasteiger partial charge on any atom is 0.311 e. The van der Waals surface area contributed by atoms with Crippen LogP contribution in [0.2, 0.25) is 0 Å². The fraction of sp³-hybridized carbons (Fsp3) is 0.429. The molecule has 2 aromatic rings. The number of thioether (sulfide) groups is 1. The smallest absolute Gasteiger partial charge is 0.311 e. The molecular formula is C21H25N3O5S. The Kier molecular flexibility index (Phi) is 8.04. The molecular weight excluding hydrogens is 406 g/mol. The fourth-order valence-corrected chi connectivity index (χ4v) is 4.19. The second kappa shape index (κ2) is 10.9. The number of rotatable bonds is 10. The number of methoxy groups -OCH3 is 1. The topological polar surface area (TPSA) is 94.8 Å². The van der Waals surface area contributed by atoms with Crippen LogP contribution in [0.4, 0.5) is 5.69 Å². The molecule has 0 radical (unpaired) electrons. The number of pyridine rings is 1. The molecule has 8 nitrogen and oxygen atoms in total. The van der Waals surface area contributed by atoms with Gasteiger partial charge in [0.05, 0.1) is 23.9 Å². The van der Waals surface area contributed by atoms with E-state index in [9.17, 15) is 14.9 Å². The minimum absolute atomic E-state index is 0.0161. The van der Waals surface area contributed by atoms with Crippen molar-refractivity contribution in [3.8, 4) is 5.75 Å². The van der Waals surface area contributed by atoms with Crippen molar-refractivity contribution in [2.24, 2.45) is 0 Å². The maximum absolute atomic E-state index is 12.9. The second-order valence-corrected chi connectivity index (χ2v) is 8.01. The molecule has 0 aliphatic carbocycles. The van der Waals surface area contributed by atoms with E-state index in [0.717, 1.165) is 30.6 Å². The van der Waals surface area contributed by atoms with Gasteiger partial charge in [-0.15, -0.1) is 11.8 Å². The van der Waals surface area contributed by atoms with Crippen LogP contribution in [0.15, 0.2) is 42.7 Å². The van der Waals surface area contributed by atoms with Crippen molar-refractivity contribution in [2.45, 2.75) is 31.2 Å². The van der Waals surface area contributed by atoms with E-state index < -0.39 is 4.92 Å². The van der Waals surface area contributed by atoms with Crippen LogP contribution in [0.1, 0.15) is 24.0 Å². The molecule has 30 heavy (non-hydrogen) atoms. The fourth-order valence-electron chi connectivity index (χ4n) is 3.32. The third kappa shape index (κ3) is 6.17. The lowest BCUT2D eigenvalue weighted by Gasteiger charge is -2.25. The summed E-state index contributed by atoms with van der Waals surface area (Å²) in [6.07, 6.45) is 5.52. The summed E-state index contributed by atoms with van der Waals surface area (Å²) in [5.74, 6) is 1.02. The summed E-state index contributed by atoms with van der Waals surface area (Å²) in [7, 11) is 1.40. The first-order valence-corrected chi connectivity index (χ1v) is 10.9. The minimum Gasteiger partial charge on any atom is -0.490 e. The molecule has 0 bridgehead atoms. The predicted molar refractivity (Wildman–Crippen MR) is 114 cm³/mol. The number of benzene rings is 1. The highest BCUT2D eigenvalue weighted by molar-refractivity contribution is 7.99. The molecule has 0 spiro atoms. The SMILES string of the molecule is COc1ccc(CSCC(=O)N(Cc2cccnc2)CC2CCCO2)cc1[N+](=O)[O-]. The van der Waals surface area contributed by atoms with E-state index >= 15 is 0 Å². The van der Waals surface area contributed by atoms with Gasteiger partial charge in [0, 0.05) is 43.9 Å². The number of aromatic nitrogens is 1. The molecule has 1 atom stereocenters. The number of amides is 1. The van der Waals surface area contributed by atoms with Crippen LogP contribution in [0.3, 0.4) is 0 Å². The Morgan fingerprint density at radius 1 is 1.40 bits per heavy atom. The summed E-state index contributed by atoms with van der Waals surface area (Å²) < 4.78 is 10.7. The molecule has 160 valence electrons. The predicted octanol–water partition coefficient (Wildman–Crippen LogP) is 3.44. The largest absolute Gasteiger partial charge is 0.490 e. The Morgan fingerprint density at radius 2 is 2.27 bits per heavy atom. The number of hydrogen-bond acceptors (Lipinski definition) is 7. The van der Waals surface area contributed by atoms with Gasteiger partial charge in [0.15, 0.2) is 5.75 Å². The molecule has 1 aromatic heterocycles. The monoisotopic (exact) mass is 431 g/mol. The highest BCUT2D eigenvalue weighted by atomic mass is 32.2. The van der Waals surface area contributed by atoms with Gasteiger partial charge in [0.2, 0.25) is 5.91 Å². The van der Waals surface area contributed by atoms with Gasteiger partial charge in [-0.25, -0.2) is 0 Å². The van der Waals surface area contributed by atoms with E-state index in [-0.39, 0.29) is 29.2 Å². The number of carbonyl (C=O) groups is 1. The van der Waals surface area contributed by atoms with E-state index in [1.54, 1.807) is 24.5 Å².